The van der Waals surface area contributed by atoms with E-state index in [4.69, 9.17) is 11.6 Å². The lowest BCUT2D eigenvalue weighted by Crippen LogP contribution is -2.49. The molecule has 210 valence electrons. The van der Waals surface area contributed by atoms with Gasteiger partial charge in [-0.2, -0.15) is 13.2 Å². The van der Waals surface area contributed by atoms with Crippen LogP contribution in [0.2, 0.25) is 5.02 Å². The molecule has 0 heterocycles. The Hall–Kier alpha value is -2.79. The first-order chi connectivity index (χ1) is 17.6. The number of carbonyl (C=O) groups excluding carboxylic acids is 2. The number of hydrogen-bond donors (Lipinski definition) is 1. The summed E-state index contributed by atoms with van der Waals surface area (Å²) in [5, 5.41) is 3.28. The van der Waals surface area contributed by atoms with Crippen molar-refractivity contribution in [1.82, 2.24) is 10.2 Å². The maximum absolute atomic E-state index is 13.3. The number of halogens is 4. The van der Waals surface area contributed by atoms with E-state index in [1.165, 1.54) is 11.0 Å². The van der Waals surface area contributed by atoms with E-state index < -0.39 is 33.7 Å². The number of hydrogen-bond acceptors (Lipinski definition) is 4. The Labute approximate surface area is 227 Å². The standard InChI is InChI=1S/C26H33ClF3N3O4S/c1-5-18(2)31-25(35)19(3)32(17-20-10-6-7-13-23(20)27)24(34)14-9-15-33(38(4,36)37)22-12-8-11-21(16-22)26(28,29)30/h6-8,10-13,16,18-19H,5,9,14-15,17H2,1-4H3,(H,31,35)/t18-,19+/m0/s1. The van der Waals surface area contributed by atoms with Crippen molar-refractivity contribution in [3.63, 3.8) is 0 Å². The van der Waals surface area contributed by atoms with Gasteiger partial charge in [-0.15, -0.1) is 0 Å². The highest BCUT2D eigenvalue weighted by atomic mass is 35.5. The van der Waals surface area contributed by atoms with Crippen LogP contribution in [0.15, 0.2) is 48.5 Å². The second kappa shape index (κ2) is 13.3. The molecule has 0 radical (unpaired) electrons. The molecular formula is C26H33ClF3N3O4S. The van der Waals surface area contributed by atoms with Crippen LogP contribution in [-0.2, 0) is 32.3 Å². The van der Waals surface area contributed by atoms with Crippen LogP contribution in [0.4, 0.5) is 18.9 Å². The second-order valence-corrected chi connectivity index (χ2v) is 11.4. The molecule has 0 aliphatic heterocycles. The largest absolute Gasteiger partial charge is 0.416 e. The number of rotatable bonds is 12. The SMILES string of the molecule is CC[C@H](C)NC(=O)[C@@H](C)N(Cc1ccccc1Cl)C(=O)CCCN(c1cccc(C(F)(F)F)c1)S(C)(=O)=O. The molecule has 0 bridgehead atoms. The van der Waals surface area contributed by atoms with Gasteiger partial charge >= 0.3 is 6.18 Å². The normalized spacial score (nSPS) is 13.5. The summed E-state index contributed by atoms with van der Waals surface area (Å²) in [6.45, 7) is 5.19. The van der Waals surface area contributed by atoms with Crippen molar-refractivity contribution >= 4 is 39.1 Å². The van der Waals surface area contributed by atoms with Crippen molar-refractivity contribution < 1.29 is 31.2 Å². The predicted molar refractivity (Wildman–Crippen MR) is 142 cm³/mol. The third kappa shape index (κ3) is 8.90. The van der Waals surface area contributed by atoms with Gasteiger partial charge in [0.15, 0.2) is 0 Å². The zero-order valence-electron chi connectivity index (χ0n) is 21.8. The zero-order valence-corrected chi connectivity index (χ0v) is 23.3. The van der Waals surface area contributed by atoms with E-state index in [-0.39, 0.29) is 43.6 Å². The summed E-state index contributed by atoms with van der Waals surface area (Å²) in [4.78, 5) is 27.5. The summed E-state index contributed by atoms with van der Waals surface area (Å²) in [6.07, 6.45) is -3.18. The Bertz CT molecular complexity index is 1220. The number of benzene rings is 2. The molecule has 0 fully saturated rings. The molecule has 0 aromatic heterocycles. The summed E-state index contributed by atoms with van der Waals surface area (Å²) in [7, 11) is -3.94. The third-order valence-corrected chi connectivity index (χ3v) is 7.64. The highest BCUT2D eigenvalue weighted by Gasteiger charge is 2.32. The first-order valence-corrected chi connectivity index (χ1v) is 14.4. The fourth-order valence-electron chi connectivity index (χ4n) is 3.70. The smallest absolute Gasteiger partial charge is 0.352 e. The monoisotopic (exact) mass is 575 g/mol. The minimum absolute atomic E-state index is 0.0148. The van der Waals surface area contributed by atoms with E-state index in [9.17, 15) is 31.2 Å². The second-order valence-electron chi connectivity index (χ2n) is 9.09. The minimum Gasteiger partial charge on any atom is -0.352 e. The molecule has 2 rings (SSSR count). The molecule has 0 aliphatic carbocycles. The molecule has 2 aromatic rings. The van der Waals surface area contributed by atoms with Crippen LogP contribution < -0.4 is 9.62 Å². The Balaban J connectivity index is 2.23. The minimum atomic E-state index is -4.64. The fourth-order valence-corrected chi connectivity index (χ4v) is 4.85. The Morgan fingerprint density at radius 3 is 2.32 bits per heavy atom. The van der Waals surface area contributed by atoms with Crippen LogP contribution in [0.3, 0.4) is 0 Å². The summed E-state index contributed by atoms with van der Waals surface area (Å²) < 4.78 is 65.1. The fraction of sp³-hybridized carbons (Fsp3) is 0.462. The number of nitrogens with zero attached hydrogens (tertiary/aromatic N) is 2. The van der Waals surface area contributed by atoms with E-state index in [1.807, 2.05) is 13.8 Å². The van der Waals surface area contributed by atoms with Gasteiger partial charge in [-0.3, -0.25) is 13.9 Å². The lowest BCUT2D eigenvalue weighted by molar-refractivity contribution is -0.140. The van der Waals surface area contributed by atoms with E-state index >= 15 is 0 Å². The molecule has 0 saturated heterocycles. The van der Waals surface area contributed by atoms with Gasteiger partial charge in [0.2, 0.25) is 21.8 Å². The van der Waals surface area contributed by atoms with E-state index in [0.29, 0.717) is 17.0 Å². The number of anilines is 1. The van der Waals surface area contributed by atoms with Crippen molar-refractivity contribution in [2.24, 2.45) is 0 Å². The number of carbonyl (C=O) groups is 2. The highest BCUT2D eigenvalue weighted by molar-refractivity contribution is 7.92. The maximum atomic E-state index is 13.3. The van der Waals surface area contributed by atoms with Gasteiger partial charge < -0.3 is 10.2 Å². The molecule has 7 nitrogen and oxygen atoms in total. The van der Waals surface area contributed by atoms with Crippen LogP contribution in [0.1, 0.15) is 51.2 Å². The first-order valence-electron chi connectivity index (χ1n) is 12.1. The molecule has 2 aromatic carbocycles. The summed E-state index contributed by atoms with van der Waals surface area (Å²) in [6, 6.07) is 9.97. The van der Waals surface area contributed by atoms with Crippen molar-refractivity contribution in [2.75, 3.05) is 17.1 Å². The molecular weight excluding hydrogens is 543 g/mol. The van der Waals surface area contributed by atoms with E-state index in [2.05, 4.69) is 5.32 Å². The third-order valence-electron chi connectivity index (χ3n) is 6.08. The maximum Gasteiger partial charge on any atom is 0.416 e. The summed E-state index contributed by atoms with van der Waals surface area (Å²) >= 11 is 6.28. The number of nitrogens with one attached hydrogen (secondary N) is 1. The quantitative estimate of drug-likeness (QED) is 0.375. The lowest BCUT2D eigenvalue weighted by atomic mass is 10.1. The Kier molecular flexibility index (Phi) is 11.0. The van der Waals surface area contributed by atoms with Crippen molar-refractivity contribution in [3.8, 4) is 0 Å². The van der Waals surface area contributed by atoms with Crippen LogP contribution in [0.25, 0.3) is 0 Å². The predicted octanol–water partition coefficient (Wildman–Crippen LogP) is 5.24. The molecule has 38 heavy (non-hydrogen) atoms. The average Bonchev–Trinajstić information content (AvgIpc) is 2.84. The van der Waals surface area contributed by atoms with Gasteiger partial charge in [-0.1, -0.05) is 42.8 Å². The van der Waals surface area contributed by atoms with E-state index in [1.54, 1.807) is 31.2 Å². The Morgan fingerprint density at radius 1 is 1.08 bits per heavy atom. The molecule has 0 spiro atoms. The van der Waals surface area contributed by atoms with Gasteiger partial charge in [0.05, 0.1) is 17.5 Å². The summed E-state index contributed by atoms with van der Waals surface area (Å²) in [5.41, 5.74) is -0.497. The number of alkyl halides is 3. The molecule has 12 heteroatoms. The van der Waals surface area contributed by atoms with Crippen molar-refractivity contribution in [1.29, 1.82) is 0 Å². The van der Waals surface area contributed by atoms with Gasteiger partial charge in [-0.25, -0.2) is 8.42 Å². The number of amides is 2. The van der Waals surface area contributed by atoms with Gasteiger partial charge in [-0.05, 0) is 56.5 Å². The van der Waals surface area contributed by atoms with Gasteiger partial charge in [0.1, 0.15) is 6.04 Å². The van der Waals surface area contributed by atoms with Crippen LogP contribution in [-0.4, -0.2) is 50.0 Å². The lowest BCUT2D eigenvalue weighted by Gasteiger charge is -2.30. The molecule has 2 atom stereocenters. The highest BCUT2D eigenvalue weighted by Crippen LogP contribution is 2.32. The number of sulfonamides is 1. The zero-order chi connectivity index (χ0) is 28.7. The molecule has 1 N–H and O–H groups in total. The van der Waals surface area contributed by atoms with Crippen LogP contribution in [0.5, 0.6) is 0 Å². The van der Waals surface area contributed by atoms with Crippen molar-refractivity contribution in [3.05, 3.63) is 64.7 Å². The van der Waals surface area contributed by atoms with Crippen LogP contribution in [0, 0.1) is 0 Å². The van der Waals surface area contributed by atoms with Gasteiger partial charge in [0.25, 0.3) is 0 Å². The van der Waals surface area contributed by atoms with Gasteiger partial charge in [0, 0.05) is 30.6 Å². The molecule has 0 aliphatic rings. The molecule has 0 saturated carbocycles. The first kappa shape index (κ1) is 31.4. The van der Waals surface area contributed by atoms with Crippen molar-refractivity contribution in [2.45, 2.75) is 64.8 Å². The molecule has 2 amide bonds. The van der Waals surface area contributed by atoms with E-state index in [0.717, 1.165) is 28.8 Å². The Morgan fingerprint density at radius 2 is 1.74 bits per heavy atom. The van der Waals surface area contributed by atoms with Crippen LogP contribution >= 0.6 is 11.6 Å². The molecule has 0 unspecified atom stereocenters. The summed E-state index contributed by atoms with van der Waals surface area (Å²) in [5.74, 6) is -0.768. The average molecular weight is 576 g/mol. The topological polar surface area (TPSA) is 86.8 Å².